The molecule has 6 nitrogen and oxygen atoms in total. The van der Waals surface area contributed by atoms with E-state index in [2.05, 4.69) is 40.0 Å². The summed E-state index contributed by atoms with van der Waals surface area (Å²) < 4.78 is 2.02. The zero-order chi connectivity index (χ0) is 18.5. The second-order valence-corrected chi connectivity index (χ2v) is 8.17. The van der Waals surface area contributed by atoms with Crippen molar-refractivity contribution >= 4 is 45.3 Å². The summed E-state index contributed by atoms with van der Waals surface area (Å²) in [6.45, 7) is 4.90. The molecule has 0 aliphatic rings. The van der Waals surface area contributed by atoms with Crippen LogP contribution in [0, 0.1) is 11.3 Å². The number of nitrogens with zero attached hydrogens (tertiary/aromatic N) is 4. The van der Waals surface area contributed by atoms with Crippen molar-refractivity contribution in [3.8, 4) is 17.5 Å². The summed E-state index contributed by atoms with van der Waals surface area (Å²) in [5, 5.41) is 25.5. The maximum atomic E-state index is 12.2. The molecule has 134 valence electrons. The number of aryl methyl sites for hydroxylation is 1. The third-order valence-corrected chi connectivity index (χ3v) is 6.54. The number of nitrogens with one attached hydrogen (secondary N) is 1. The van der Waals surface area contributed by atoms with Gasteiger partial charge in [0.15, 0.2) is 11.0 Å². The Hall–Kier alpha value is -2.15. The number of nitriles is 1. The summed E-state index contributed by atoms with van der Waals surface area (Å²) in [6.07, 6.45) is 1.00. The van der Waals surface area contributed by atoms with E-state index in [4.69, 9.17) is 5.26 Å². The van der Waals surface area contributed by atoms with Crippen LogP contribution in [0.1, 0.15) is 24.3 Å². The van der Waals surface area contributed by atoms with Gasteiger partial charge < -0.3 is 9.88 Å². The van der Waals surface area contributed by atoms with E-state index >= 15 is 0 Å². The van der Waals surface area contributed by atoms with Crippen LogP contribution in [0.4, 0.5) is 5.00 Å². The molecule has 26 heavy (non-hydrogen) atoms. The van der Waals surface area contributed by atoms with E-state index in [9.17, 15) is 4.79 Å². The molecule has 0 aromatic carbocycles. The molecule has 1 amide bonds. The Morgan fingerprint density at radius 3 is 2.92 bits per heavy atom. The maximum absolute atomic E-state index is 12.2. The topological polar surface area (TPSA) is 83.6 Å². The van der Waals surface area contributed by atoms with Crippen LogP contribution < -0.4 is 5.32 Å². The summed E-state index contributed by atoms with van der Waals surface area (Å²) in [5.74, 6) is 0.881. The highest BCUT2D eigenvalue weighted by molar-refractivity contribution is 7.99. The standard InChI is InChI=1S/C17H17N5OS3/c1-3-13-7-12(9-25-13)15-20-21-17(22(15)4-2)26-10-14(23)19-16-11(8-18)5-6-24-16/h5-7,9H,3-4,10H2,1-2H3,(H,19,23). The molecule has 9 heteroatoms. The molecule has 0 saturated heterocycles. The number of amides is 1. The van der Waals surface area contributed by atoms with Crippen molar-refractivity contribution < 1.29 is 4.79 Å². The zero-order valence-electron chi connectivity index (χ0n) is 14.4. The van der Waals surface area contributed by atoms with Gasteiger partial charge in [0.2, 0.25) is 5.91 Å². The minimum absolute atomic E-state index is 0.162. The van der Waals surface area contributed by atoms with Gasteiger partial charge >= 0.3 is 0 Å². The smallest absolute Gasteiger partial charge is 0.235 e. The summed E-state index contributed by atoms with van der Waals surface area (Å²) in [5.41, 5.74) is 1.55. The summed E-state index contributed by atoms with van der Waals surface area (Å²) in [6, 6.07) is 5.90. The molecule has 0 bridgehead atoms. The van der Waals surface area contributed by atoms with Crippen LogP contribution in [-0.2, 0) is 17.8 Å². The van der Waals surface area contributed by atoms with Gasteiger partial charge in [-0.3, -0.25) is 4.79 Å². The van der Waals surface area contributed by atoms with Gasteiger partial charge in [0.1, 0.15) is 11.1 Å². The van der Waals surface area contributed by atoms with Crippen LogP contribution >= 0.6 is 34.4 Å². The van der Waals surface area contributed by atoms with Gasteiger partial charge in [0.05, 0.1) is 11.3 Å². The van der Waals surface area contributed by atoms with E-state index < -0.39 is 0 Å². The van der Waals surface area contributed by atoms with Crippen molar-refractivity contribution in [2.75, 3.05) is 11.1 Å². The third-order valence-electron chi connectivity index (χ3n) is 3.66. The lowest BCUT2D eigenvalue weighted by molar-refractivity contribution is -0.113. The summed E-state index contributed by atoms with van der Waals surface area (Å²) in [7, 11) is 0. The number of thioether (sulfide) groups is 1. The van der Waals surface area contributed by atoms with Gasteiger partial charge in [-0.1, -0.05) is 18.7 Å². The highest BCUT2D eigenvalue weighted by atomic mass is 32.2. The number of thiophene rings is 2. The number of hydrogen-bond donors (Lipinski definition) is 1. The molecule has 0 unspecified atom stereocenters. The van der Waals surface area contributed by atoms with Gasteiger partial charge in [-0.25, -0.2) is 0 Å². The Balaban J connectivity index is 1.68. The SMILES string of the molecule is CCc1cc(-c2nnc(SCC(=O)Nc3sccc3C#N)n2CC)cs1. The van der Waals surface area contributed by atoms with E-state index in [1.807, 2.05) is 11.5 Å². The first kappa shape index (κ1) is 18.6. The fourth-order valence-electron chi connectivity index (χ4n) is 2.36. The quantitative estimate of drug-likeness (QED) is 0.596. The van der Waals surface area contributed by atoms with Gasteiger partial charge in [-0.05, 0) is 30.9 Å². The fourth-order valence-corrected chi connectivity index (χ4v) is 4.73. The monoisotopic (exact) mass is 403 g/mol. The molecular weight excluding hydrogens is 386 g/mol. The lowest BCUT2D eigenvalue weighted by Gasteiger charge is -2.06. The van der Waals surface area contributed by atoms with Crippen molar-refractivity contribution in [1.82, 2.24) is 14.8 Å². The summed E-state index contributed by atoms with van der Waals surface area (Å²) in [4.78, 5) is 13.5. The Bertz CT molecular complexity index is 950. The van der Waals surface area contributed by atoms with Crippen molar-refractivity contribution in [1.29, 1.82) is 5.26 Å². The van der Waals surface area contributed by atoms with E-state index in [0.29, 0.717) is 15.7 Å². The van der Waals surface area contributed by atoms with Gasteiger partial charge in [-0.2, -0.15) is 5.26 Å². The first-order chi connectivity index (χ1) is 12.7. The van der Waals surface area contributed by atoms with Crippen LogP contribution in [0.3, 0.4) is 0 Å². The number of carbonyl (C=O) groups is 1. The Kier molecular flexibility index (Phi) is 6.08. The van der Waals surface area contributed by atoms with Crippen LogP contribution in [0.25, 0.3) is 11.4 Å². The van der Waals surface area contributed by atoms with Crippen LogP contribution in [0.2, 0.25) is 0 Å². The first-order valence-corrected chi connectivity index (χ1v) is 10.8. The predicted octanol–water partition coefficient (Wildman–Crippen LogP) is 4.25. The number of hydrogen-bond acceptors (Lipinski definition) is 7. The van der Waals surface area contributed by atoms with Crippen LogP contribution in [0.15, 0.2) is 28.0 Å². The molecule has 0 saturated carbocycles. The second-order valence-electron chi connectivity index (χ2n) is 5.32. The molecule has 0 aliphatic carbocycles. The zero-order valence-corrected chi connectivity index (χ0v) is 16.8. The number of rotatable bonds is 7. The average Bonchev–Trinajstić information content (AvgIpc) is 3.38. The van der Waals surface area contributed by atoms with Gasteiger partial charge in [0.25, 0.3) is 0 Å². The molecule has 3 heterocycles. The number of aromatic nitrogens is 3. The molecule has 0 radical (unpaired) electrons. The van der Waals surface area contributed by atoms with Crippen LogP contribution in [0.5, 0.6) is 0 Å². The molecular formula is C17H17N5OS3. The Morgan fingerprint density at radius 1 is 1.38 bits per heavy atom. The second kappa shape index (κ2) is 8.49. The highest BCUT2D eigenvalue weighted by Gasteiger charge is 2.16. The largest absolute Gasteiger partial charge is 0.316 e. The maximum Gasteiger partial charge on any atom is 0.235 e. The molecule has 3 rings (SSSR count). The van der Waals surface area contributed by atoms with E-state index in [-0.39, 0.29) is 11.7 Å². The molecule has 0 aliphatic heterocycles. The average molecular weight is 404 g/mol. The summed E-state index contributed by atoms with van der Waals surface area (Å²) >= 11 is 4.41. The van der Waals surface area contributed by atoms with Crippen molar-refractivity contribution in [3.63, 3.8) is 0 Å². The first-order valence-electron chi connectivity index (χ1n) is 8.07. The minimum atomic E-state index is -0.162. The minimum Gasteiger partial charge on any atom is -0.316 e. The highest BCUT2D eigenvalue weighted by Crippen LogP contribution is 2.28. The molecule has 0 fully saturated rings. The predicted molar refractivity (Wildman–Crippen MR) is 107 cm³/mol. The van der Waals surface area contributed by atoms with E-state index in [0.717, 1.165) is 24.4 Å². The molecule has 3 aromatic heterocycles. The van der Waals surface area contributed by atoms with E-state index in [1.165, 1.54) is 28.0 Å². The molecule has 0 spiro atoms. The van der Waals surface area contributed by atoms with Crippen LogP contribution in [-0.4, -0.2) is 26.4 Å². The lowest BCUT2D eigenvalue weighted by atomic mass is 10.2. The van der Waals surface area contributed by atoms with Gasteiger partial charge in [-0.15, -0.1) is 32.9 Å². The van der Waals surface area contributed by atoms with Crippen molar-refractivity contribution in [3.05, 3.63) is 33.3 Å². The Morgan fingerprint density at radius 2 is 2.23 bits per heavy atom. The fraction of sp³-hybridized carbons (Fsp3) is 0.294. The van der Waals surface area contributed by atoms with Crippen molar-refractivity contribution in [2.45, 2.75) is 32.0 Å². The number of carbonyl (C=O) groups excluding carboxylic acids is 1. The van der Waals surface area contributed by atoms with Crippen molar-refractivity contribution in [2.24, 2.45) is 0 Å². The Labute approximate surface area is 163 Å². The number of anilines is 1. The normalized spacial score (nSPS) is 10.7. The molecule has 0 atom stereocenters. The molecule has 3 aromatic rings. The molecule has 1 N–H and O–H groups in total. The van der Waals surface area contributed by atoms with Gasteiger partial charge in [0, 0.05) is 22.4 Å². The van der Waals surface area contributed by atoms with E-state index in [1.54, 1.807) is 22.8 Å². The third kappa shape index (κ3) is 3.98. The lowest BCUT2D eigenvalue weighted by Crippen LogP contribution is -2.14.